The highest BCUT2D eigenvalue weighted by Gasteiger charge is 2.47. The van der Waals surface area contributed by atoms with Gasteiger partial charge in [-0.2, -0.15) is 5.26 Å². The van der Waals surface area contributed by atoms with E-state index in [0.29, 0.717) is 67.5 Å². The Morgan fingerprint density at radius 1 is 0.866 bits per heavy atom. The molecular formula is C44H53F2IN10O9S. The number of amides is 2. The minimum absolute atomic E-state index is 0.229. The summed E-state index contributed by atoms with van der Waals surface area (Å²) >= 11 is 8.00. The van der Waals surface area contributed by atoms with Gasteiger partial charge in [-0.1, -0.05) is 34.7 Å². The predicted molar refractivity (Wildman–Crippen MR) is 253 cm³/mol. The molecule has 0 bridgehead atoms. The number of nitrogens with zero attached hydrogens (tertiary/aromatic N) is 8. The van der Waals surface area contributed by atoms with Gasteiger partial charge in [-0.05, 0) is 60.6 Å². The fourth-order valence-electron chi connectivity index (χ4n) is 8.44. The maximum Gasteiger partial charge on any atom is 0.317 e. The Morgan fingerprint density at radius 3 is 2.21 bits per heavy atom. The molecule has 19 nitrogen and oxygen atoms in total. The standard InChI is InChI=1S/C44H53F2IN10O9S/c45-43(46)22-32(23-48)57(28-43)37(58)24-50-41(65)34-8-9-49-36-7-6-33(20-35(34)36)66-19-1-10-52-13-16-55(17-14-52)42(67)51-31-4-2-30(3-5-31)21-44(47)29-54(26-39(61)62)12-11-53(25-38(59)60)15-18-56(44)27-40(63)64/h2-9,20,32H,1,10-19,21-22,24-29H2,(H,50,65)(H,51,67)(H,59,60)(H,61,62)(H,63,64)/t32-,44?/m0/s1. The third-order valence-corrected chi connectivity index (χ3v) is 13.6. The van der Waals surface area contributed by atoms with Gasteiger partial charge in [0.25, 0.3) is 11.8 Å². The number of alkyl halides is 3. The predicted octanol–water partition coefficient (Wildman–Crippen LogP) is 2.36. The van der Waals surface area contributed by atoms with E-state index >= 15 is 0 Å². The van der Waals surface area contributed by atoms with Gasteiger partial charge in [0.1, 0.15) is 11.8 Å². The number of likely N-dealkylation sites (tertiary alicyclic amines) is 1. The molecule has 3 aliphatic heterocycles. The number of aromatic nitrogens is 1. The van der Waals surface area contributed by atoms with Gasteiger partial charge in [-0.3, -0.25) is 48.6 Å². The number of thiocarbonyl (C=S) groups is 1. The number of hydrogen-bond acceptors (Lipinski definition) is 13. The normalized spacial score (nSPS) is 20.8. The number of carbonyl (C=O) groups excluding carboxylic acids is 2. The molecule has 23 heteroatoms. The Labute approximate surface area is 404 Å². The second kappa shape index (κ2) is 23.1. The van der Waals surface area contributed by atoms with Gasteiger partial charge in [0.2, 0.25) is 5.91 Å². The third-order valence-electron chi connectivity index (χ3n) is 11.8. The van der Waals surface area contributed by atoms with E-state index in [2.05, 4.69) is 48.0 Å². The fraction of sp³-hybridized carbons (Fsp3) is 0.500. The van der Waals surface area contributed by atoms with Gasteiger partial charge in [0.15, 0.2) is 5.11 Å². The number of pyridine rings is 1. The van der Waals surface area contributed by atoms with Gasteiger partial charge < -0.3 is 40.5 Å². The molecule has 3 fully saturated rings. The number of carboxylic acid groups (broad SMARTS) is 3. The summed E-state index contributed by atoms with van der Waals surface area (Å²) in [5.74, 6) is -7.09. The molecule has 0 spiro atoms. The van der Waals surface area contributed by atoms with E-state index < -0.39 is 64.7 Å². The van der Waals surface area contributed by atoms with Crippen LogP contribution in [0.15, 0.2) is 54.7 Å². The average Bonchev–Trinajstić information content (AvgIpc) is 3.63. The van der Waals surface area contributed by atoms with Crippen molar-refractivity contribution in [3.8, 4) is 11.8 Å². The smallest absolute Gasteiger partial charge is 0.317 e. The lowest BCUT2D eigenvalue weighted by Gasteiger charge is -2.41. The minimum atomic E-state index is -3.16. The molecule has 0 radical (unpaired) electrons. The molecule has 1 aromatic heterocycles. The highest BCUT2D eigenvalue weighted by atomic mass is 127. The van der Waals surface area contributed by atoms with Crippen molar-refractivity contribution >= 4 is 86.2 Å². The van der Waals surface area contributed by atoms with Crippen molar-refractivity contribution in [2.75, 3.05) is 110 Å². The molecule has 2 amide bonds. The molecule has 1 unspecified atom stereocenters. The molecular weight excluding hydrogens is 1010 g/mol. The first-order valence-electron chi connectivity index (χ1n) is 21.7. The van der Waals surface area contributed by atoms with Crippen LogP contribution in [-0.2, 0) is 25.6 Å². The van der Waals surface area contributed by atoms with Crippen LogP contribution in [0.25, 0.3) is 10.9 Å². The molecule has 2 atom stereocenters. The summed E-state index contributed by atoms with van der Waals surface area (Å²) < 4.78 is 32.9. The highest BCUT2D eigenvalue weighted by molar-refractivity contribution is 14.1. The van der Waals surface area contributed by atoms with Gasteiger partial charge in [0, 0.05) is 95.6 Å². The number of anilines is 1. The summed E-state index contributed by atoms with van der Waals surface area (Å²) in [6.07, 6.45) is 1.84. The second-order valence-corrected chi connectivity index (χ2v) is 19.2. The number of halogens is 3. The van der Waals surface area contributed by atoms with Crippen LogP contribution in [-0.4, -0.2) is 205 Å². The molecule has 3 aromatic rings. The number of hydrogen-bond donors (Lipinski definition) is 5. The number of nitrogens with one attached hydrogen (secondary N) is 2. The van der Waals surface area contributed by atoms with Crippen molar-refractivity contribution in [3.05, 3.63) is 65.9 Å². The zero-order valence-electron chi connectivity index (χ0n) is 36.6. The fourth-order valence-corrected chi connectivity index (χ4v) is 10.1. The SMILES string of the molecule is N#C[C@@H]1CC(F)(F)CN1C(=O)CNC(=O)c1ccnc2ccc(OCCCN3CCN(C(=S)Nc4ccc(CC5(I)CN(CC(=O)O)CCN(CC(=O)O)CCN5CC(=O)O)cc4)CC3)cc12. The number of aliphatic carboxylic acids is 3. The lowest BCUT2D eigenvalue weighted by Crippen LogP contribution is -2.55. The Kier molecular flexibility index (Phi) is 17.6. The van der Waals surface area contributed by atoms with Crippen LogP contribution in [0.3, 0.4) is 0 Å². The van der Waals surface area contributed by atoms with Gasteiger partial charge in [-0.15, -0.1) is 0 Å². The van der Waals surface area contributed by atoms with Crippen molar-refractivity contribution in [1.29, 1.82) is 5.26 Å². The molecule has 6 rings (SSSR count). The first kappa shape index (κ1) is 51.0. The van der Waals surface area contributed by atoms with Crippen LogP contribution >= 0.6 is 34.8 Å². The molecule has 0 saturated carbocycles. The van der Waals surface area contributed by atoms with E-state index in [4.69, 9.17) is 17.0 Å². The van der Waals surface area contributed by atoms with Crippen molar-refractivity contribution in [2.45, 2.75) is 34.8 Å². The lowest BCUT2D eigenvalue weighted by molar-refractivity contribution is -0.141. The zero-order valence-corrected chi connectivity index (χ0v) is 39.6. The summed E-state index contributed by atoms with van der Waals surface area (Å²) in [7, 11) is 0. The third kappa shape index (κ3) is 14.6. The molecule has 0 aliphatic carbocycles. The molecule has 2 aromatic carbocycles. The molecule has 4 heterocycles. The lowest BCUT2D eigenvalue weighted by atomic mass is 10.0. The van der Waals surface area contributed by atoms with Crippen molar-refractivity contribution < 1.29 is 52.8 Å². The van der Waals surface area contributed by atoms with E-state index in [9.17, 15) is 53.3 Å². The Bertz CT molecular complexity index is 2340. The van der Waals surface area contributed by atoms with Crippen LogP contribution in [0, 0.1) is 11.3 Å². The number of fused-ring (bicyclic) bond motifs is 1. The van der Waals surface area contributed by atoms with Crippen molar-refractivity contribution in [2.24, 2.45) is 0 Å². The first-order chi connectivity index (χ1) is 31.9. The van der Waals surface area contributed by atoms with E-state index in [0.717, 1.165) is 42.2 Å². The Hall–Kier alpha value is -5.39. The van der Waals surface area contributed by atoms with Crippen LogP contribution in [0.1, 0.15) is 28.8 Å². The van der Waals surface area contributed by atoms with Crippen molar-refractivity contribution in [1.82, 2.24) is 39.7 Å². The van der Waals surface area contributed by atoms with E-state index in [-0.39, 0.29) is 38.3 Å². The van der Waals surface area contributed by atoms with Crippen LogP contribution < -0.4 is 15.4 Å². The van der Waals surface area contributed by atoms with E-state index in [1.807, 2.05) is 24.3 Å². The molecule has 5 N–H and O–H groups in total. The number of carboxylic acids is 3. The number of piperazine rings is 1. The quantitative estimate of drug-likeness (QED) is 0.0429. The Balaban J connectivity index is 0.956. The molecule has 360 valence electrons. The van der Waals surface area contributed by atoms with E-state index in [1.165, 1.54) is 12.3 Å². The summed E-state index contributed by atoms with van der Waals surface area (Å²) in [5.41, 5.74) is 2.43. The van der Waals surface area contributed by atoms with Crippen molar-refractivity contribution in [3.63, 3.8) is 0 Å². The second-order valence-electron chi connectivity index (χ2n) is 16.8. The van der Waals surface area contributed by atoms with Gasteiger partial charge in [0.05, 0.1) is 60.0 Å². The summed E-state index contributed by atoms with van der Waals surface area (Å²) in [6.45, 7) is 3.39. The average molecular weight is 1060 g/mol. The number of benzene rings is 2. The highest BCUT2D eigenvalue weighted by Crippen LogP contribution is 2.33. The first-order valence-corrected chi connectivity index (χ1v) is 23.2. The molecule has 67 heavy (non-hydrogen) atoms. The topological polar surface area (TPSA) is 235 Å². The summed E-state index contributed by atoms with van der Waals surface area (Å²) in [5, 5.41) is 45.0. The van der Waals surface area contributed by atoms with Crippen LogP contribution in [0.5, 0.6) is 5.75 Å². The Morgan fingerprint density at radius 2 is 1.52 bits per heavy atom. The van der Waals surface area contributed by atoms with Crippen LogP contribution in [0.2, 0.25) is 0 Å². The van der Waals surface area contributed by atoms with Gasteiger partial charge >= 0.3 is 17.9 Å². The molecule has 3 aliphatic rings. The number of nitriles is 1. The van der Waals surface area contributed by atoms with Crippen LogP contribution in [0.4, 0.5) is 14.5 Å². The molecule has 3 saturated heterocycles. The number of ether oxygens (including phenoxy) is 1. The summed E-state index contributed by atoms with van der Waals surface area (Å²) in [6, 6.07) is 14.8. The minimum Gasteiger partial charge on any atom is -0.494 e. The van der Waals surface area contributed by atoms with Gasteiger partial charge in [-0.25, -0.2) is 8.78 Å². The largest absolute Gasteiger partial charge is 0.494 e. The number of carbonyl (C=O) groups is 5. The maximum absolute atomic E-state index is 13.8. The zero-order chi connectivity index (χ0) is 48.3. The van der Waals surface area contributed by atoms with E-state index in [1.54, 1.807) is 39.0 Å². The monoisotopic (exact) mass is 1060 g/mol. The maximum atomic E-state index is 13.8. The summed E-state index contributed by atoms with van der Waals surface area (Å²) in [4.78, 5) is 75.8. The number of rotatable bonds is 17.